The van der Waals surface area contributed by atoms with E-state index in [9.17, 15) is 9.90 Å². The summed E-state index contributed by atoms with van der Waals surface area (Å²) in [4.78, 5) is 14.2. The number of aliphatic hydroxyl groups excluding tert-OH is 1. The summed E-state index contributed by atoms with van der Waals surface area (Å²) in [6.07, 6.45) is 0.857. The maximum atomic E-state index is 12.5. The van der Waals surface area contributed by atoms with Crippen molar-refractivity contribution in [2.75, 3.05) is 20.2 Å². The van der Waals surface area contributed by atoms with E-state index in [0.717, 1.165) is 17.7 Å². The van der Waals surface area contributed by atoms with Gasteiger partial charge in [-0.1, -0.05) is 0 Å². The van der Waals surface area contributed by atoms with Crippen LogP contribution < -0.4 is 5.32 Å². The molecule has 3 rings (SSSR count). The number of nitrogens with one attached hydrogen (secondary N) is 1. The van der Waals surface area contributed by atoms with E-state index < -0.39 is 0 Å². The fraction of sp³-hybridized carbons (Fsp3) is 0.692. The highest BCUT2D eigenvalue weighted by molar-refractivity contribution is 5.94. The molecule has 6 nitrogen and oxygen atoms in total. The van der Waals surface area contributed by atoms with Crippen molar-refractivity contribution in [3.8, 4) is 0 Å². The average molecular weight is 264 g/mol. The van der Waals surface area contributed by atoms with Gasteiger partial charge >= 0.3 is 0 Å². The third-order valence-corrected chi connectivity index (χ3v) is 4.03. The highest BCUT2D eigenvalue weighted by Crippen LogP contribution is 2.24. The summed E-state index contributed by atoms with van der Waals surface area (Å²) in [6, 6.07) is 0.396. The molecule has 1 amide bonds. The number of carbonyl (C=O) groups excluding carboxylic acids is 1. The van der Waals surface area contributed by atoms with Gasteiger partial charge in [0.05, 0.1) is 5.69 Å². The Labute approximate surface area is 112 Å². The van der Waals surface area contributed by atoms with Gasteiger partial charge in [-0.2, -0.15) is 5.10 Å². The lowest BCUT2D eigenvalue weighted by Gasteiger charge is -2.21. The summed E-state index contributed by atoms with van der Waals surface area (Å²) < 4.78 is 1.80. The molecule has 3 heterocycles. The minimum atomic E-state index is 0.0149. The Kier molecular flexibility index (Phi) is 3.06. The van der Waals surface area contributed by atoms with E-state index in [1.165, 1.54) is 0 Å². The van der Waals surface area contributed by atoms with Crippen molar-refractivity contribution in [3.63, 3.8) is 0 Å². The van der Waals surface area contributed by atoms with E-state index in [4.69, 9.17) is 0 Å². The predicted octanol–water partition coefficient (Wildman–Crippen LogP) is -0.389. The minimum Gasteiger partial charge on any atom is -0.396 e. The van der Waals surface area contributed by atoms with Gasteiger partial charge in [0.15, 0.2) is 0 Å². The summed E-state index contributed by atoms with van der Waals surface area (Å²) in [7, 11) is 1.79. The quantitative estimate of drug-likeness (QED) is 0.725. The topological polar surface area (TPSA) is 70.4 Å². The molecular weight excluding hydrogens is 244 g/mol. The SMILES string of the molecule is C[C@@H]1Cc2nn3c(c2CN1)C(=O)N(C)C[C@H](CO)C3. The van der Waals surface area contributed by atoms with Crippen molar-refractivity contribution < 1.29 is 9.90 Å². The van der Waals surface area contributed by atoms with Gasteiger partial charge in [0, 0.05) is 57.2 Å². The van der Waals surface area contributed by atoms with Crippen LogP contribution in [0, 0.1) is 5.92 Å². The number of hydrogen-bond acceptors (Lipinski definition) is 4. The lowest BCUT2D eigenvalue weighted by molar-refractivity contribution is 0.0763. The van der Waals surface area contributed by atoms with E-state index in [1.807, 2.05) is 0 Å². The molecule has 1 aromatic rings. The first-order valence-electron chi connectivity index (χ1n) is 6.78. The summed E-state index contributed by atoms with van der Waals surface area (Å²) >= 11 is 0. The summed E-state index contributed by atoms with van der Waals surface area (Å²) in [5.74, 6) is 0.0722. The van der Waals surface area contributed by atoms with Crippen molar-refractivity contribution in [1.82, 2.24) is 20.0 Å². The largest absolute Gasteiger partial charge is 0.396 e. The minimum absolute atomic E-state index is 0.0149. The van der Waals surface area contributed by atoms with Crippen LogP contribution >= 0.6 is 0 Å². The molecule has 1 aromatic heterocycles. The van der Waals surface area contributed by atoms with E-state index >= 15 is 0 Å². The third-order valence-electron chi connectivity index (χ3n) is 4.03. The molecule has 2 aliphatic rings. The second-order valence-corrected chi connectivity index (χ2v) is 5.68. The Bertz CT molecular complexity index is 511. The summed E-state index contributed by atoms with van der Waals surface area (Å²) in [5, 5.41) is 17.4. The monoisotopic (exact) mass is 264 g/mol. The van der Waals surface area contributed by atoms with E-state index in [-0.39, 0.29) is 18.4 Å². The molecule has 0 aromatic carbocycles. The van der Waals surface area contributed by atoms with Crippen LogP contribution in [0.25, 0.3) is 0 Å². The Morgan fingerprint density at radius 3 is 3.00 bits per heavy atom. The summed E-state index contributed by atoms with van der Waals surface area (Å²) in [6.45, 7) is 4.10. The van der Waals surface area contributed by atoms with E-state index in [0.29, 0.717) is 31.4 Å². The van der Waals surface area contributed by atoms with Crippen LogP contribution in [0.4, 0.5) is 0 Å². The van der Waals surface area contributed by atoms with Crippen LogP contribution in [0.5, 0.6) is 0 Å². The molecule has 0 radical (unpaired) electrons. The number of aliphatic hydroxyl groups is 1. The van der Waals surface area contributed by atoms with Gasteiger partial charge < -0.3 is 15.3 Å². The second-order valence-electron chi connectivity index (χ2n) is 5.68. The number of fused-ring (bicyclic) bond motifs is 3. The first kappa shape index (κ1) is 12.6. The van der Waals surface area contributed by atoms with Gasteiger partial charge in [-0.05, 0) is 6.92 Å². The average Bonchev–Trinajstić information content (AvgIpc) is 2.68. The zero-order chi connectivity index (χ0) is 13.6. The van der Waals surface area contributed by atoms with E-state index in [2.05, 4.69) is 17.3 Å². The Balaban J connectivity index is 2.05. The third kappa shape index (κ3) is 2.04. The van der Waals surface area contributed by atoms with Crippen LogP contribution in [-0.4, -0.2) is 51.9 Å². The van der Waals surface area contributed by atoms with Crippen molar-refractivity contribution >= 4 is 5.91 Å². The van der Waals surface area contributed by atoms with Crippen molar-refractivity contribution in [1.29, 1.82) is 0 Å². The van der Waals surface area contributed by atoms with Crippen LogP contribution in [0.2, 0.25) is 0 Å². The molecule has 2 N–H and O–H groups in total. The highest BCUT2D eigenvalue weighted by Gasteiger charge is 2.32. The number of carbonyl (C=O) groups is 1. The fourth-order valence-electron chi connectivity index (χ4n) is 2.98. The number of nitrogens with zero attached hydrogens (tertiary/aromatic N) is 3. The first-order chi connectivity index (χ1) is 9.10. The molecule has 0 bridgehead atoms. The number of rotatable bonds is 1. The van der Waals surface area contributed by atoms with Gasteiger partial charge in [-0.15, -0.1) is 0 Å². The summed E-state index contributed by atoms with van der Waals surface area (Å²) in [5.41, 5.74) is 2.77. The van der Waals surface area contributed by atoms with Gasteiger partial charge in [-0.25, -0.2) is 0 Å². The molecule has 0 saturated heterocycles. The van der Waals surface area contributed by atoms with Gasteiger partial charge in [0.25, 0.3) is 5.91 Å². The second kappa shape index (κ2) is 4.61. The van der Waals surface area contributed by atoms with Crippen LogP contribution in [-0.2, 0) is 19.5 Å². The maximum absolute atomic E-state index is 12.5. The molecule has 2 aliphatic heterocycles. The van der Waals surface area contributed by atoms with Gasteiger partial charge in [-0.3, -0.25) is 9.48 Å². The standard InChI is InChI=1S/C13H20N4O2/c1-8-3-11-10(4-14-8)12-13(19)16(2)5-9(7-18)6-17(12)15-11/h8-9,14,18H,3-7H2,1-2H3/t8-,9+/m1/s1. The molecule has 0 aliphatic carbocycles. The normalized spacial score (nSPS) is 26.9. The number of aromatic nitrogens is 2. The fourth-order valence-corrected chi connectivity index (χ4v) is 2.98. The molecular formula is C13H20N4O2. The molecule has 104 valence electrons. The zero-order valence-corrected chi connectivity index (χ0v) is 11.4. The smallest absolute Gasteiger partial charge is 0.272 e. The van der Waals surface area contributed by atoms with Crippen LogP contribution in [0.3, 0.4) is 0 Å². The lowest BCUT2D eigenvalue weighted by Crippen LogP contribution is -2.35. The number of hydrogen-bond donors (Lipinski definition) is 2. The van der Waals surface area contributed by atoms with Crippen molar-refractivity contribution in [2.24, 2.45) is 5.92 Å². The van der Waals surface area contributed by atoms with Gasteiger partial charge in [0.2, 0.25) is 0 Å². The van der Waals surface area contributed by atoms with E-state index in [1.54, 1.807) is 16.6 Å². The van der Waals surface area contributed by atoms with Crippen LogP contribution in [0.15, 0.2) is 0 Å². The molecule has 2 atom stereocenters. The molecule has 0 unspecified atom stereocenters. The highest BCUT2D eigenvalue weighted by atomic mass is 16.3. The molecule has 0 spiro atoms. The van der Waals surface area contributed by atoms with Crippen LogP contribution in [0.1, 0.15) is 28.7 Å². The predicted molar refractivity (Wildman–Crippen MR) is 69.8 cm³/mol. The lowest BCUT2D eigenvalue weighted by atomic mass is 10.0. The molecule has 19 heavy (non-hydrogen) atoms. The maximum Gasteiger partial charge on any atom is 0.272 e. The van der Waals surface area contributed by atoms with Crippen molar-refractivity contribution in [2.45, 2.75) is 32.5 Å². The zero-order valence-electron chi connectivity index (χ0n) is 11.4. The Morgan fingerprint density at radius 2 is 2.26 bits per heavy atom. The Hall–Kier alpha value is -1.40. The first-order valence-corrected chi connectivity index (χ1v) is 6.78. The number of amides is 1. The molecule has 0 fully saturated rings. The van der Waals surface area contributed by atoms with Crippen molar-refractivity contribution in [3.05, 3.63) is 17.0 Å². The Morgan fingerprint density at radius 1 is 1.47 bits per heavy atom. The van der Waals surface area contributed by atoms with Gasteiger partial charge in [0.1, 0.15) is 5.69 Å². The molecule has 0 saturated carbocycles. The molecule has 6 heteroatoms.